The van der Waals surface area contributed by atoms with E-state index in [1.807, 2.05) is 30.3 Å². The summed E-state index contributed by atoms with van der Waals surface area (Å²) >= 11 is 6.08. The van der Waals surface area contributed by atoms with Crippen LogP contribution in [0.5, 0.6) is 0 Å². The third kappa shape index (κ3) is 5.30. The number of carbonyl (C=O) groups excluding carboxylic acids is 1. The van der Waals surface area contributed by atoms with Gasteiger partial charge in [0.15, 0.2) is 0 Å². The summed E-state index contributed by atoms with van der Waals surface area (Å²) in [5, 5.41) is 0.0732. The lowest BCUT2D eigenvalue weighted by atomic mass is 10.1. The van der Waals surface area contributed by atoms with Gasteiger partial charge >= 0.3 is 0 Å². The molecule has 0 saturated heterocycles. The topological polar surface area (TPSA) is 66.5 Å². The van der Waals surface area contributed by atoms with E-state index in [4.69, 9.17) is 11.6 Å². The zero-order chi connectivity index (χ0) is 19.5. The highest BCUT2D eigenvalue weighted by atomic mass is 35.5. The molecule has 26 heavy (non-hydrogen) atoms. The average molecular weight is 395 g/mol. The molecule has 2 rings (SSSR count). The predicted molar refractivity (Wildman–Crippen MR) is 104 cm³/mol. The van der Waals surface area contributed by atoms with Gasteiger partial charge in [0, 0.05) is 24.7 Å². The van der Waals surface area contributed by atoms with Crippen molar-refractivity contribution in [3.05, 3.63) is 64.7 Å². The third-order valence-electron chi connectivity index (χ3n) is 3.52. The number of rotatable bonds is 5. The molecule has 0 heterocycles. The van der Waals surface area contributed by atoms with Gasteiger partial charge < -0.3 is 4.90 Å². The number of sulfonamides is 1. The summed E-state index contributed by atoms with van der Waals surface area (Å²) in [4.78, 5) is 14.1. The number of halogens is 1. The summed E-state index contributed by atoms with van der Waals surface area (Å²) in [6.07, 6.45) is 0. The molecule has 2 aromatic carbocycles. The second-order valence-electron chi connectivity index (χ2n) is 7.15. The SMILES string of the molecule is CN(Cc1ccccc1)C(=O)c1ccc(Cl)c(S(=O)(=O)NC(C)(C)C)c1. The molecule has 0 aliphatic heterocycles. The number of amides is 1. The second kappa shape index (κ2) is 7.78. The van der Waals surface area contributed by atoms with Crippen LogP contribution in [-0.2, 0) is 16.6 Å². The van der Waals surface area contributed by atoms with Crippen molar-refractivity contribution < 1.29 is 13.2 Å². The van der Waals surface area contributed by atoms with E-state index in [9.17, 15) is 13.2 Å². The van der Waals surface area contributed by atoms with Crippen molar-refractivity contribution in [2.24, 2.45) is 0 Å². The summed E-state index contributed by atoms with van der Waals surface area (Å²) in [5.41, 5.74) is 0.591. The van der Waals surface area contributed by atoms with Gasteiger partial charge in [-0.3, -0.25) is 4.79 Å². The summed E-state index contributed by atoms with van der Waals surface area (Å²) < 4.78 is 27.7. The van der Waals surface area contributed by atoms with Crippen LogP contribution >= 0.6 is 11.6 Å². The van der Waals surface area contributed by atoms with E-state index in [0.717, 1.165) is 5.56 Å². The Kier molecular flexibility index (Phi) is 6.11. The van der Waals surface area contributed by atoms with Crippen LogP contribution in [0, 0.1) is 0 Å². The zero-order valence-electron chi connectivity index (χ0n) is 15.3. The molecule has 0 radical (unpaired) electrons. The minimum Gasteiger partial charge on any atom is -0.337 e. The van der Waals surface area contributed by atoms with Gasteiger partial charge in [0.05, 0.1) is 5.02 Å². The molecule has 0 aromatic heterocycles. The van der Waals surface area contributed by atoms with Crippen molar-refractivity contribution in [3.63, 3.8) is 0 Å². The molecule has 7 heteroatoms. The van der Waals surface area contributed by atoms with Crippen molar-refractivity contribution in [3.8, 4) is 0 Å². The average Bonchev–Trinajstić information content (AvgIpc) is 2.53. The van der Waals surface area contributed by atoms with E-state index in [1.165, 1.54) is 23.1 Å². The van der Waals surface area contributed by atoms with Crippen molar-refractivity contribution in [2.75, 3.05) is 7.05 Å². The van der Waals surface area contributed by atoms with Crippen molar-refractivity contribution >= 4 is 27.5 Å². The molecule has 5 nitrogen and oxygen atoms in total. The number of carbonyl (C=O) groups is 1. The molecule has 0 aliphatic rings. The molecule has 0 unspecified atom stereocenters. The van der Waals surface area contributed by atoms with Crippen molar-refractivity contribution in [2.45, 2.75) is 37.8 Å². The lowest BCUT2D eigenvalue weighted by molar-refractivity contribution is 0.0785. The lowest BCUT2D eigenvalue weighted by Gasteiger charge is -2.22. The van der Waals surface area contributed by atoms with Gasteiger partial charge in [0.25, 0.3) is 5.91 Å². The van der Waals surface area contributed by atoms with Gasteiger partial charge in [0.2, 0.25) is 10.0 Å². The largest absolute Gasteiger partial charge is 0.337 e. The van der Waals surface area contributed by atoms with Gasteiger partial charge in [-0.05, 0) is 44.5 Å². The number of benzene rings is 2. The summed E-state index contributed by atoms with van der Waals surface area (Å²) in [5.74, 6) is -0.280. The standard InChI is InChI=1S/C19H23ClN2O3S/c1-19(2,3)21-26(24,25)17-12-15(10-11-16(17)20)18(23)22(4)13-14-8-6-5-7-9-14/h5-12,21H,13H2,1-4H3. The van der Waals surface area contributed by atoms with Crippen LogP contribution in [0.3, 0.4) is 0 Å². The maximum absolute atomic E-state index is 12.7. The number of hydrogen-bond donors (Lipinski definition) is 1. The van der Waals surface area contributed by atoms with E-state index < -0.39 is 15.6 Å². The fourth-order valence-electron chi connectivity index (χ4n) is 2.45. The van der Waals surface area contributed by atoms with Gasteiger partial charge in [-0.25, -0.2) is 13.1 Å². The van der Waals surface area contributed by atoms with Crippen LogP contribution < -0.4 is 4.72 Å². The summed E-state index contributed by atoms with van der Waals surface area (Å²) in [6.45, 7) is 5.63. The summed E-state index contributed by atoms with van der Waals surface area (Å²) in [6, 6.07) is 13.8. The summed E-state index contributed by atoms with van der Waals surface area (Å²) in [7, 11) is -2.17. The fourth-order valence-corrected chi connectivity index (χ4v) is 4.40. The normalized spacial score (nSPS) is 12.0. The molecule has 0 bridgehead atoms. The predicted octanol–water partition coefficient (Wildman–Crippen LogP) is 3.69. The monoisotopic (exact) mass is 394 g/mol. The molecule has 0 saturated carbocycles. The van der Waals surface area contributed by atoms with E-state index >= 15 is 0 Å². The van der Waals surface area contributed by atoms with Crippen LogP contribution in [0.25, 0.3) is 0 Å². The van der Waals surface area contributed by atoms with Crippen LogP contribution in [0.2, 0.25) is 5.02 Å². The van der Waals surface area contributed by atoms with Crippen molar-refractivity contribution in [1.82, 2.24) is 9.62 Å². The lowest BCUT2D eigenvalue weighted by Crippen LogP contribution is -2.40. The fraction of sp³-hybridized carbons (Fsp3) is 0.316. The molecular formula is C19H23ClN2O3S. The quantitative estimate of drug-likeness (QED) is 0.840. The third-order valence-corrected chi connectivity index (χ3v) is 5.76. The Morgan fingerprint density at radius 3 is 2.31 bits per heavy atom. The molecule has 1 amide bonds. The Morgan fingerprint density at radius 2 is 1.73 bits per heavy atom. The molecule has 0 atom stereocenters. The maximum atomic E-state index is 12.7. The minimum atomic E-state index is -3.84. The Balaban J connectivity index is 2.29. The first-order valence-corrected chi connectivity index (χ1v) is 9.99. The van der Waals surface area contributed by atoms with E-state index in [-0.39, 0.29) is 21.4 Å². The Bertz CT molecular complexity index is 891. The minimum absolute atomic E-state index is 0.0732. The number of nitrogens with one attached hydrogen (secondary N) is 1. The molecule has 0 aliphatic carbocycles. The van der Waals surface area contributed by atoms with Crippen LogP contribution in [0.4, 0.5) is 0 Å². The molecular weight excluding hydrogens is 372 g/mol. The molecule has 0 fully saturated rings. The van der Waals surface area contributed by atoms with Gasteiger partial charge in [-0.2, -0.15) is 0 Å². The number of hydrogen-bond acceptors (Lipinski definition) is 3. The van der Waals surface area contributed by atoms with Gasteiger partial charge in [-0.1, -0.05) is 41.9 Å². The van der Waals surface area contributed by atoms with E-state index in [1.54, 1.807) is 27.8 Å². The van der Waals surface area contributed by atoms with E-state index in [0.29, 0.717) is 6.54 Å². The van der Waals surface area contributed by atoms with Crippen LogP contribution in [0.1, 0.15) is 36.7 Å². The second-order valence-corrected chi connectivity index (χ2v) is 9.21. The number of nitrogens with zero attached hydrogens (tertiary/aromatic N) is 1. The van der Waals surface area contributed by atoms with Crippen LogP contribution in [0.15, 0.2) is 53.4 Å². The zero-order valence-corrected chi connectivity index (χ0v) is 16.9. The first-order valence-electron chi connectivity index (χ1n) is 8.12. The highest BCUT2D eigenvalue weighted by molar-refractivity contribution is 7.89. The maximum Gasteiger partial charge on any atom is 0.253 e. The van der Waals surface area contributed by atoms with Gasteiger partial charge in [-0.15, -0.1) is 0 Å². The molecule has 0 spiro atoms. The van der Waals surface area contributed by atoms with E-state index in [2.05, 4.69) is 4.72 Å². The molecule has 140 valence electrons. The Labute approximate surface area is 160 Å². The van der Waals surface area contributed by atoms with Crippen molar-refractivity contribution in [1.29, 1.82) is 0 Å². The Morgan fingerprint density at radius 1 is 1.12 bits per heavy atom. The smallest absolute Gasteiger partial charge is 0.253 e. The molecule has 2 aromatic rings. The Hall–Kier alpha value is -1.89. The van der Waals surface area contributed by atoms with Crippen LogP contribution in [-0.4, -0.2) is 31.8 Å². The highest BCUT2D eigenvalue weighted by Gasteiger charge is 2.25. The first-order chi connectivity index (χ1) is 12.0. The van der Waals surface area contributed by atoms with Gasteiger partial charge in [0.1, 0.15) is 4.90 Å². The molecule has 1 N–H and O–H groups in total. The first kappa shape index (κ1) is 20.4. The highest BCUT2D eigenvalue weighted by Crippen LogP contribution is 2.24.